The number of phenols is 3. The number of hydrogen-bond acceptors (Lipinski definition) is 4. The third-order valence-corrected chi connectivity index (χ3v) is 5.10. The third kappa shape index (κ3) is 8.55. The molecule has 154 valence electrons. The number of carbonyl (C=O) groups is 1. The van der Waals surface area contributed by atoms with Gasteiger partial charge in [0.15, 0.2) is 11.5 Å². The molecule has 0 fully saturated rings. The summed E-state index contributed by atoms with van der Waals surface area (Å²) in [6.07, 6.45) is 16.5. The van der Waals surface area contributed by atoms with Crippen molar-refractivity contribution in [2.75, 3.05) is 0 Å². The summed E-state index contributed by atoms with van der Waals surface area (Å²) < 4.78 is 0. The first-order valence-electron chi connectivity index (χ1n) is 10.5. The van der Waals surface area contributed by atoms with Crippen molar-refractivity contribution in [3.05, 3.63) is 17.2 Å². The van der Waals surface area contributed by atoms with Gasteiger partial charge in [0.1, 0.15) is 5.56 Å². The predicted molar refractivity (Wildman–Crippen MR) is 108 cm³/mol. The van der Waals surface area contributed by atoms with Crippen molar-refractivity contribution in [2.24, 2.45) is 0 Å². The second-order valence-electron chi connectivity index (χ2n) is 7.42. The molecule has 1 aromatic carbocycles. The fraction of sp³-hybridized carbons (Fsp3) is 0.682. The summed E-state index contributed by atoms with van der Waals surface area (Å²) in [6, 6.07) is 1.24. The molecule has 0 radical (unpaired) electrons. The number of unbranched alkanes of at least 4 members (excludes halogenated alkanes) is 12. The normalized spacial score (nSPS) is 11.0. The number of phenolic OH excluding ortho intramolecular Hbond substituents is 2. The lowest BCUT2D eigenvalue weighted by atomic mass is 9.98. The molecule has 5 heteroatoms. The largest absolute Gasteiger partial charge is 0.504 e. The first-order valence-corrected chi connectivity index (χ1v) is 10.5. The van der Waals surface area contributed by atoms with Gasteiger partial charge in [-0.25, -0.2) is 4.79 Å². The highest BCUT2D eigenvalue weighted by molar-refractivity contribution is 5.94. The van der Waals surface area contributed by atoms with Crippen molar-refractivity contribution in [3.63, 3.8) is 0 Å². The minimum atomic E-state index is -1.30. The highest BCUT2D eigenvalue weighted by atomic mass is 16.4. The number of benzene rings is 1. The number of aromatic carboxylic acids is 1. The lowest BCUT2D eigenvalue weighted by Gasteiger charge is -2.11. The fourth-order valence-electron chi connectivity index (χ4n) is 3.47. The SMILES string of the molecule is CCCCCCCCCCCCCCCc1cc(O)c(O)c(O)c1C(=O)O. The number of carboxylic acid groups (broad SMARTS) is 1. The highest BCUT2D eigenvalue weighted by Crippen LogP contribution is 2.40. The van der Waals surface area contributed by atoms with Crippen molar-refractivity contribution >= 4 is 5.97 Å². The molecule has 0 atom stereocenters. The predicted octanol–water partition coefficient (Wildman–Crippen LogP) is 6.14. The molecule has 0 aromatic heterocycles. The van der Waals surface area contributed by atoms with Gasteiger partial charge >= 0.3 is 5.97 Å². The average molecular weight is 381 g/mol. The molecule has 0 aliphatic heterocycles. The molecular weight excluding hydrogens is 344 g/mol. The number of carboxylic acids is 1. The van der Waals surface area contributed by atoms with Gasteiger partial charge in [0.25, 0.3) is 0 Å². The van der Waals surface area contributed by atoms with Gasteiger partial charge in [0.2, 0.25) is 5.75 Å². The molecule has 0 saturated heterocycles. The zero-order valence-electron chi connectivity index (χ0n) is 16.7. The minimum absolute atomic E-state index is 0.316. The zero-order chi connectivity index (χ0) is 20.1. The van der Waals surface area contributed by atoms with E-state index in [2.05, 4.69) is 6.92 Å². The van der Waals surface area contributed by atoms with E-state index in [4.69, 9.17) is 0 Å². The van der Waals surface area contributed by atoms with Crippen LogP contribution in [0.15, 0.2) is 6.07 Å². The van der Waals surface area contributed by atoms with Gasteiger partial charge in [-0.2, -0.15) is 0 Å². The lowest BCUT2D eigenvalue weighted by molar-refractivity contribution is 0.0691. The molecule has 0 aliphatic rings. The van der Waals surface area contributed by atoms with Crippen LogP contribution in [0.2, 0.25) is 0 Å². The first-order chi connectivity index (χ1) is 13.0. The maximum absolute atomic E-state index is 11.3. The Kier molecular flexibility index (Phi) is 11.4. The van der Waals surface area contributed by atoms with Crippen LogP contribution in [0.5, 0.6) is 17.2 Å². The Hall–Kier alpha value is -1.91. The molecule has 0 spiro atoms. The summed E-state index contributed by atoms with van der Waals surface area (Å²) in [7, 11) is 0. The fourth-order valence-corrected chi connectivity index (χ4v) is 3.47. The van der Waals surface area contributed by atoms with Crippen molar-refractivity contribution in [3.8, 4) is 17.2 Å². The van der Waals surface area contributed by atoms with Crippen molar-refractivity contribution in [1.82, 2.24) is 0 Å². The second kappa shape index (κ2) is 13.3. The minimum Gasteiger partial charge on any atom is -0.504 e. The van der Waals surface area contributed by atoms with Crippen LogP contribution in [-0.2, 0) is 6.42 Å². The molecule has 0 aliphatic carbocycles. The van der Waals surface area contributed by atoms with Crippen molar-refractivity contribution in [2.45, 2.75) is 96.8 Å². The summed E-state index contributed by atoms with van der Waals surface area (Å²) in [5.74, 6) is -3.32. The van der Waals surface area contributed by atoms with E-state index in [0.717, 1.165) is 19.3 Å². The number of aromatic hydroxyl groups is 3. The zero-order valence-corrected chi connectivity index (χ0v) is 16.7. The van der Waals surface area contributed by atoms with Crippen LogP contribution in [0.1, 0.15) is 106 Å². The van der Waals surface area contributed by atoms with E-state index in [1.807, 2.05) is 0 Å². The van der Waals surface area contributed by atoms with Gasteiger partial charge in [-0.1, -0.05) is 84.0 Å². The van der Waals surface area contributed by atoms with Crippen LogP contribution < -0.4 is 0 Å². The van der Waals surface area contributed by atoms with Crippen LogP contribution in [0, 0.1) is 0 Å². The molecule has 0 amide bonds. The monoisotopic (exact) mass is 380 g/mol. The second-order valence-corrected chi connectivity index (χ2v) is 7.42. The topological polar surface area (TPSA) is 98.0 Å². The summed E-state index contributed by atoms with van der Waals surface area (Å²) in [5, 5.41) is 38.0. The van der Waals surface area contributed by atoms with Gasteiger partial charge in [0, 0.05) is 0 Å². The summed E-state index contributed by atoms with van der Waals surface area (Å²) in [6.45, 7) is 2.24. The Balaban J connectivity index is 2.16. The maximum atomic E-state index is 11.3. The molecule has 0 unspecified atom stereocenters. The molecule has 0 heterocycles. The van der Waals surface area contributed by atoms with Crippen LogP contribution in [0.3, 0.4) is 0 Å². The van der Waals surface area contributed by atoms with Crippen LogP contribution in [0.4, 0.5) is 0 Å². The van der Waals surface area contributed by atoms with E-state index < -0.39 is 23.2 Å². The number of hydrogen-bond donors (Lipinski definition) is 4. The maximum Gasteiger partial charge on any atom is 0.339 e. The summed E-state index contributed by atoms with van der Waals surface area (Å²) >= 11 is 0. The summed E-state index contributed by atoms with van der Waals surface area (Å²) in [4.78, 5) is 11.3. The number of rotatable bonds is 15. The van der Waals surface area contributed by atoms with E-state index in [0.29, 0.717) is 12.0 Å². The first kappa shape index (κ1) is 23.1. The summed E-state index contributed by atoms with van der Waals surface area (Å²) in [5.41, 5.74) is 0.0441. The molecular formula is C22H36O5. The number of aryl methyl sites for hydroxylation is 1. The van der Waals surface area contributed by atoms with E-state index in [-0.39, 0.29) is 5.56 Å². The van der Waals surface area contributed by atoms with Gasteiger partial charge < -0.3 is 20.4 Å². The van der Waals surface area contributed by atoms with Gasteiger partial charge in [0.05, 0.1) is 0 Å². The van der Waals surface area contributed by atoms with Crippen LogP contribution >= 0.6 is 0 Å². The quantitative estimate of drug-likeness (QED) is 0.216. The Morgan fingerprint density at radius 2 is 1.19 bits per heavy atom. The van der Waals surface area contributed by atoms with Gasteiger partial charge in [-0.05, 0) is 24.5 Å². The molecule has 0 saturated carbocycles. The molecule has 1 aromatic rings. The standard InChI is InChI=1S/C22H36O5/c1-2-3-4-5-6-7-8-9-10-11-12-13-14-15-17-16-18(23)20(24)21(25)19(17)22(26)27/h16,23-25H,2-15H2,1H3,(H,26,27). The van der Waals surface area contributed by atoms with Crippen LogP contribution in [0.25, 0.3) is 0 Å². The van der Waals surface area contributed by atoms with Crippen molar-refractivity contribution in [1.29, 1.82) is 0 Å². The van der Waals surface area contributed by atoms with Gasteiger partial charge in [-0.15, -0.1) is 0 Å². The van der Waals surface area contributed by atoms with E-state index in [1.54, 1.807) is 0 Å². The third-order valence-electron chi connectivity index (χ3n) is 5.10. The molecule has 1 rings (SSSR count). The Bertz CT molecular complexity index is 568. The van der Waals surface area contributed by atoms with E-state index in [1.165, 1.54) is 70.3 Å². The van der Waals surface area contributed by atoms with Crippen LogP contribution in [-0.4, -0.2) is 26.4 Å². The average Bonchev–Trinajstić information content (AvgIpc) is 2.63. The van der Waals surface area contributed by atoms with E-state index >= 15 is 0 Å². The molecule has 4 N–H and O–H groups in total. The Labute approximate surface area is 163 Å². The highest BCUT2D eigenvalue weighted by Gasteiger charge is 2.21. The molecule has 27 heavy (non-hydrogen) atoms. The van der Waals surface area contributed by atoms with Crippen molar-refractivity contribution < 1.29 is 25.2 Å². The Morgan fingerprint density at radius 1 is 0.741 bits per heavy atom. The lowest BCUT2D eigenvalue weighted by Crippen LogP contribution is -2.03. The molecule has 5 nitrogen and oxygen atoms in total. The smallest absolute Gasteiger partial charge is 0.339 e. The van der Waals surface area contributed by atoms with Gasteiger partial charge in [-0.3, -0.25) is 0 Å². The van der Waals surface area contributed by atoms with E-state index in [9.17, 15) is 25.2 Å². The molecule has 0 bridgehead atoms. The Morgan fingerprint density at radius 3 is 1.63 bits per heavy atom.